The van der Waals surface area contributed by atoms with Gasteiger partial charge in [0.15, 0.2) is 11.6 Å². The Hall–Kier alpha value is -1.78. The molecule has 0 heterocycles. The summed E-state index contributed by atoms with van der Waals surface area (Å²) in [5.41, 5.74) is 1.44. The zero-order chi connectivity index (χ0) is 20.9. The van der Waals surface area contributed by atoms with Crippen molar-refractivity contribution in [1.29, 1.82) is 0 Å². The third kappa shape index (κ3) is 5.86. The van der Waals surface area contributed by atoms with Gasteiger partial charge in [0.2, 0.25) is 0 Å². The second-order valence-electron chi connectivity index (χ2n) is 8.35. The van der Waals surface area contributed by atoms with E-state index in [0.29, 0.717) is 24.8 Å². The van der Waals surface area contributed by atoms with Crippen LogP contribution in [0.3, 0.4) is 0 Å². The normalized spacial score (nSPS) is 25.8. The van der Waals surface area contributed by atoms with Gasteiger partial charge < -0.3 is 4.74 Å². The minimum absolute atomic E-state index is 0.338. The predicted octanol–water partition coefficient (Wildman–Crippen LogP) is 7.83. The molecule has 1 atom stereocenters. The summed E-state index contributed by atoms with van der Waals surface area (Å²) in [6.45, 7) is 2.04. The van der Waals surface area contributed by atoms with Crippen LogP contribution >= 0.6 is 0 Å². The summed E-state index contributed by atoms with van der Waals surface area (Å²) < 4.78 is 60.1. The zero-order valence-corrected chi connectivity index (χ0v) is 17.0. The molecule has 0 spiro atoms. The van der Waals surface area contributed by atoms with E-state index >= 15 is 0 Å². The first kappa shape index (κ1) is 21.9. The summed E-state index contributed by atoms with van der Waals surface area (Å²) in [7, 11) is 0. The zero-order valence-electron chi connectivity index (χ0n) is 17.0. The maximum atomic E-state index is 14.5. The van der Waals surface area contributed by atoms with Crippen molar-refractivity contribution in [1.82, 2.24) is 0 Å². The van der Waals surface area contributed by atoms with E-state index in [1.165, 1.54) is 18.4 Å². The second kappa shape index (κ2) is 9.82. The summed E-state index contributed by atoms with van der Waals surface area (Å²) >= 11 is 0. The molecule has 2 aliphatic rings. The molecule has 0 radical (unpaired) electrons. The summed E-state index contributed by atoms with van der Waals surface area (Å²) in [6, 6.07) is 2.52. The summed E-state index contributed by atoms with van der Waals surface area (Å²) in [5.74, 6) is -2.37. The third-order valence-electron chi connectivity index (χ3n) is 6.40. The van der Waals surface area contributed by atoms with Crippen molar-refractivity contribution < 1.29 is 22.3 Å². The molecule has 0 amide bonds. The number of halogens is 4. The van der Waals surface area contributed by atoms with E-state index in [0.717, 1.165) is 50.2 Å². The fraction of sp³-hybridized carbons (Fsp3) is 0.583. The van der Waals surface area contributed by atoms with E-state index in [1.807, 2.05) is 6.92 Å². The maximum absolute atomic E-state index is 14.5. The van der Waals surface area contributed by atoms with Gasteiger partial charge >= 0.3 is 6.11 Å². The summed E-state index contributed by atoms with van der Waals surface area (Å²) in [4.78, 5) is 0. The van der Waals surface area contributed by atoms with E-state index in [4.69, 9.17) is 4.74 Å². The van der Waals surface area contributed by atoms with E-state index in [-0.39, 0.29) is 5.75 Å². The molecule has 2 aliphatic carbocycles. The quantitative estimate of drug-likeness (QED) is 0.329. The number of hydrogen-bond donors (Lipinski definition) is 0. The number of ether oxygens (including phenoxy) is 1. The Labute approximate surface area is 170 Å². The number of alkyl halides is 2. The van der Waals surface area contributed by atoms with Crippen LogP contribution in [0, 0.1) is 29.4 Å². The van der Waals surface area contributed by atoms with Crippen LogP contribution in [0.2, 0.25) is 0 Å². The molecule has 1 nitrogen and oxygen atoms in total. The maximum Gasteiger partial charge on any atom is 0.400 e. The first-order valence-electron chi connectivity index (χ1n) is 10.7. The highest BCUT2D eigenvalue weighted by molar-refractivity contribution is 5.24. The molecule has 1 aromatic rings. The molecular weight excluding hydrogens is 380 g/mol. The Kier molecular flexibility index (Phi) is 7.42. The first-order chi connectivity index (χ1) is 13.9. The molecule has 1 aromatic carbocycles. The van der Waals surface area contributed by atoms with Crippen LogP contribution in [-0.4, -0.2) is 6.11 Å². The topological polar surface area (TPSA) is 9.23 Å². The van der Waals surface area contributed by atoms with Gasteiger partial charge in [-0.2, -0.15) is 8.78 Å². The predicted molar refractivity (Wildman–Crippen MR) is 107 cm³/mol. The van der Waals surface area contributed by atoms with Crippen LogP contribution in [0.4, 0.5) is 17.6 Å². The van der Waals surface area contributed by atoms with Crippen molar-refractivity contribution in [2.75, 3.05) is 0 Å². The van der Waals surface area contributed by atoms with Gasteiger partial charge in [0, 0.05) is 6.07 Å². The Morgan fingerprint density at radius 2 is 1.83 bits per heavy atom. The molecule has 1 unspecified atom stereocenters. The lowest BCUT2D eigenvalue weighted by Crippen LogP contribution is -2.37. The average molecular weight is 410 g/mol. The molecule has 0 aromatic heterocycles. The van der Waals surface area contributed by atoms with Crippen molar-refractivity contribution in [3.63, 3.8) is 0 Å². The summed E-state index contributed by atoms with van der Waals surface area (Å²) in [6.07, 6.45) is 11.2. The monoisotopic (exact) mass is 410 g/mol. The van der Waals surface area contributed by atoms with Gasteiger partial charge in [0.25, 0.3) is 0 Å². The van der Waals surface area contributed by atoms with Gasteiger partial charge in [0.1, 0.15) is 5.75 Å². The van der Waals surface area contributed by atoms with Gasteiger partial charge in [-0.05, 0) is 88.7 Å². The second-order valence-corrected chi connectivity index (χ2v) is 8.35. The molecular formula is C24H30F4O. The van der Waals surface area contributed by atoms with Crippen LogP contribution in [0.15, 0.2) is 42.0 Å². The molecule has 0 saturated heterocycles. The lowest BCUT2D eigenvalue weighted by Gasteiger charge is -2.35. The molecule has 3 rings (SSSR count). The standard InChI is InChI=1S/C24H30F4O/c1-2-3-4-5-17-6-8-18(9-7-17)19-10-12-20(13-11-19)24(27,28)29-21-14-15-22(25)23(26)16-21/h2-3,8,14-17,19-20H,4-7,9-13H2,1H3/b3-2+. The van der Waals surface area contributed by atoms with Crippen LogP contribution in [0.25, 0.3) is 0 Å². The fourth-order valence-electron chi connectivity index (χ4n) is 4.62. The SMILES string of the molecule is C/C=C/CCC1CC=C(C2CCC(C(F)(F)Oc3ccc(F)c(F)c3)CC2)CC1. The van der Waals surface area contributed by atoms with Crippen molar-refractivity contribution in [3.05, 3.63) is 53.6 Å². The third-order valence-corrected chi connectivity index (χ3v) is 6.40. The minimum atomic E-state index is -3.38. The molecule has 29 heavy (non-hydrogen) atoms. The molecule has 5 heteroatoms. The van der Waals surface area contributed by atoms with Gasteiger partial charge in [-0.3, -0.25) is 0 Å². The lowest BCUT2D eigenvalue weighted by molar-refractivity contribution is -0.223. The van der Waals surface area contributed by atoms with Gasteiger partial charge in [-0.1, -0.05) is 23.8 Å². The number of rotatable bonds is 7. The van der Waals surface area contributed by atoms with Crippen molar-refractivity contribution in [2.24, 2.45) is 17.8 Å². The average Bonchev–Trinajstić information content (AvgIpc) is 2.71. The fourth-order valence-corrected chi connectivity index (χ4v) is 4.62. The van der Waals surface area contributed by atoms with Crippen molar-refractivity contribution in [2.45, 2.75) is 70.8 Å². The Morgan fingerprint density at radius 1 is 1.07 bits per heavy atom. The highest BCUT2D eigenvalue weighted by atomic mass is 19.3. The van der Waals surface area contributed by atoms with E-state index < -0.39 is 23.7 Å². The number of allylic oxidation sites excluding steroid dienone is 4. The van der Waals surface area contributed by atoms with Crippen LogP contribution in [0.1, 0.15) is 64.7 Å². The molecule has 0 N–H and O–H groups in total. The van der Waals surface area contributed by atoms with E-state index in [9.17, 15) is 17.6 Å². The van der Waals surface area contributed by atoms with Crippen molar-refractivity contribution >= 4 is 0 Å². The van der Waals surface area contributed by atoms with E-state index in [2.05, 4.69) is 18.2 Å². The largest absolute Gasteiger partial charge is 0.432 e. The molecule has 0 bridgehead atoms. The van der Waals surface area contributed by atoms with Gasteiger partial charge in [-0.15, -0.1) is 0 Å². The minimum Gasteiger partial charge on any atom is -0.432 e. The number of benzene rings is 1. The molecule has 1 saturated carbocycles. The van der Waals surface area contributed by atoms with Crippen LogP contribution < -0.4 is 4.74 Å². The molecule has 1 fully saturated rings. The summed E-state index contributed by atoms with van der Waals surface area (Å²) in [5, 5.41) is 0. The van der Waals surface area contributed by atoms with E-state index in [1.54, 1.807) is 0 Å². The highest BCUT2D eigenvalue weighted by Crippen LogP contribution is 2.44. The molecule has 160 valence electrons. The van der Waals surface area contributed by atoms with Crippen LogP contribution in [0.5, 0.6) is 5.75 Å². The molecule has 0 aliphatic heterocycles. The Bertz CT molecular complexity index is 732. The van der Waals surface area contributed by atoms with Gasteiger partial charge in [0.05, 0.1) is 5.92 Å². The Balaban J connectivity index is 1.50. The number of hydrogen-bond acceptors (Lipinski definition) is 1. The van der Waals surface area contributed by atoms with Gasteiger partial charge in [-0.25, -0.2) is 8.78 Å². The first-order valence-corrected chi connectivity index (χ1v) is 10.7. The Morgan fingerprint density at radius 3 is 2.45 bits per heavy atom. The smallest absolute Gasteiger partial charge is 0.400 e. The lowest BCUT2D eigenvalue weighted by atomic mass is 9.74. The van der Waals surface area contributed by atoms with Crippen LogP contribution in [-0.2, 0) is 0 Å². The highest BCUT2D eigenvalue weighted by Gasteiger charge is 2.44. The van der Waals surface area contributed by atoms with Crippen molar-refractivity contribution in [3.8, 4) is 5.75 Å².